The Hall–Kier alpha value is -2.06. The van der Waals surface area contributed by atoms with Crippen molar-refractivity contribution in [1.29, 1.82) is 0 Å². The van der Waals surface area contributed by atoms with Gasteiger partial charge in [0.1, 0.15) is 5.82 Å². The predicted octanol–water partition coefficient (Wildman–Crippen LogP) is 1.99. The van der Waals surface area contributed by atoms with Crippen molar-refractivity contribution in [2.45, 2.75) is 40.3 Å². The molecule has 122 valence electrons. The van der Waals surface area contributed by atoms with E-state index in [1.807, 2.05) is 14.0 Å². The molecule has 0 saturated heterocycles. The number of aryl methyl sites for hydroxylation is 3. The summed E-state index contributed by atoms with van der Waals surface area (Å²) < 4.78 is 1.36. The number of aromatic nitrogens is 5. The molecule has 8 heteroatoms. The third-order valence-corrected chi connectivity index (χ3v) is 4.81. The minimum atomic E-state index is -0.146. The fraction of sp³-hybridized carbons (Fsp3) is 0.467. The first-order valence-corrected chi connectivity index (χ1v) is 8.26. The number of nitrogens with one attached hydrogen (secondary N) is 1. The molecule has 0 aliphatic carbocycles. The van der Waals surface area contributed by atoms with E-state index in [-0.39, 0.29) is 11.6 Å². The fourth-order valence-electron chi connectivity index (χ4n) is 2.65. The molecule has 0 bridgehead atoms. The Balaban J connectivity index is 1.86. The van der Waals surface area contributed by atoms with Gasteiger partial charge >= 0.3 is 0 Å². The largest absolute Gasteiger partial charge is 0.292 e. The van der Waals surface area contributed by atoms with Crippen LogP contribution in [0.1, 0.15) is 40.1 Å². The summed E-state index contributed by atoms with van der Waals surface area (Å²) in [5.74, 6) is 1.08. The van der Waals surface area contributed by atoms with Gasteiger partial charge < -0.3 is 0 Å². The quantitative estimate of drug-likeness (QED) is 0.790. The van der Waals surface area contributed by atoms with Crippen LogP contribution in [-0.2, 0) is 6.54 Å². The van der Waals surface area contributed by atoms with Crippen LogP contribution in [0.15, 0.2) is 10.9 Å². The fourth-order valence-corrected chi connectivity index (χ4v) is 3.56. The van der Waals surface area contributed by atoms with Gasteiger partial charge in [-0.05, 0) is 34.7 Å². The molecular weight excluding hydrogens is 312 g/mol. The molecule has 3 heterocycles. The van der Waals surface area contributed by atoms with Crippen LogP contribution in [0.5, 0.6) is 0 Å². The van der Waals surface area contributed by atoms with Gasteiger partial charge in [0, 0.05) is 17.5 Å². The highest BCUT2D eigenvalue weighted by molar-refractivity contribution is 7.11. The van der Waals surface area contributed by atoms with Crippen molar-refractivity contribution < 1.29 is 0 Å². The number of rotatable bonds is 4. The van der Waals surface area contributed by atoms with Crippen molar-refractivity contribution in [2.24, 2.45) is 0 Å². The highest BCUT2D eigenvalue weighted by atomic mass is 32.1. The maximum atomic E-state index is 12.1. The maximum absolute atomic E-state index is 12.1. The van der Waals surface area contributed by atoms with E-state index in [1.165, 1.54) is 9.39 Å². The highest BCUT2D eigenvalue weighted by Crippen LogP contribution is 2.26. The van der Waals surface area contributed by atoms with Gasteiger partial charge in [-0.2, -0.15) is 9.50 Å². The Kier molecular flexibility index (Phi) is 4.03. The van der Waals surface area contributed by atoms with Gasteiger partial charge in [-0.15, -0.1) is 11.3 Å². The van der Waals surface area contributed by atoms with Crippen LogP contribution >= 0.6 is 11.3 Å². The van der Waals surface area contributed by atoms with Gasteiger partial charge in [0.05, 0.1) is 22.4 Å². The van der Waals surface area contributed by atoms with E-state index < -0.39 is 0 Å². The summed E-state index contributed by atoms with van der Waals surface area (Å²) in [5, 5.41) is 3.95. The summed E-state index contributed by atoms with van der Waals surface area (Å²) >= 11 is 1.71. The van der Waals surface area contributed by atoms with Crippen molar-refractivity contribution in [3.05, 3.63) is 43.5 Å². The van der Waals surface area contributed by atoms with E-state index >= 15 is 0 Å². The summed E-state index contributed by atoms with van der Waals surface area (Å²) in [4.78, 5) is 28.8. The van der Waals surface area contributed by atoms with Crippen LogP contribution in [0.2, 0.25) is 0 Å². The van der Waals surface area contributed by atoms with E-state index in [0.29, 0.717) is 23.8 Å². The van der Waals surface area contributed by atoms with Gasteiger partial charge in [-0.1, -0.05) is 0 Å². The maximum Gasteiger partial charge on any atom is 0.274 e. The second-order valence-corrected chi connectivity index (χ2v) is 7.20. The minimum absolute atomic E-state index is 0.146. The Labute approximate surface area is 138 Å². The lowest BCUT2D eigenvalue weighted by molar-refractivity contribution is 0.245. The molecule has 3 rings (SSSR count). The van der Waals surface area contributed by atoms with E-state index in [9.17, 15) is 4.79 Å². The molecule has 1 atom stereocenters. The Bertz CT molecular complexity index is 908. The molecular formula is C15H20N6OS. The van der Waals surface area contributed by atoms with Gasteiger partial charge in [0.15, 0.2) is 0 Å². The first-order chi connectivity index (χ1) is 10.8. The van der Waals surface area contributed by atoms with Crippen molar-refractivity contribution in [3.63, 3.8) is 0 Å². The second-order valence-electron chi connectivity index (χ2n) is 5.80. The summed E-state index contributed by atoms with van der Waals surface area (Å²) in [6.45, 7) is 8.59. The molecule has 0 aromatic carbocycles. The van der Waals surface area contributed by atoms with Crippen molar-refractivity contribution in [2.75, 3.05) is 7.05 Å². The molecule has 1 unspecified atom stereocenters. The molecule has 0 spiro atoms. The number of thiazole rings is 1. The third kappa shape index (κ3) is 3.04. The van der Waals surface area contributed by atoms with Gasteiger partial charge in [-0.3, -0.25) is 14.8 Å². The van der Waals surface area contributed by atoms with Crippen LogP contribution in [0.4, 0.5) is 0 Å². The highest BCUT2D eigenvalue weighted by Gasteiger charge is 2.18. The molecule has 0 saturated carbocycles. The van der Waals surface area contributed by atoms with Crippen molar-refractivity contribution in [1.82, 2.24) is 29.5 Å². The molecule has 7 nitrogen and oxygen atoms in total. The molecule has 0 aliphatic rings. The topological polar surface area (TPSA) is 79.2 Å². The number of hydrogen-bond acceptors (Lipinski definition) is 6. The van der Waals surface area contributed by atoms with E-state index in [0.717, 1.165) is 10.7 Å². The van der Waals surface area contributed by atoms with Gasteiger partial charge in [0.2, 0.25) is 0 Å². The SMILES string of the molecule is Cc1nc2nc(CN(C)C(C)c3nc(C)sc3C)cc(=O)n2[nH]1. The lowest BCUT2D eigenvalue weighted by Gasteiger charge is -2.23. The summed E-state index contributed by atoms with van der Waals surface area (Å²) in [6, 6.07) is 1.70. The number of aromatic amines is 1. The molecule has 0 fully saturated rings. The van der Waals surface area contributed by atoms with Crippen LogP contribution in [0, 0.1) is 20.8 Å². The average molecular weight is 332 g/mol. The first kappa shape index (κ1) is 15.8. The summed E-state index contributed by atoms with van der Waals surface area (Å²) in [5.41, 5.74) is 1.65. The molecule has 3 aromatic rings. The Morgan fingerprint density at radius 1 is 1.30 bits per heavy atom. The lowest BCUT2D eigenvalue weighted by Crippen LogP contribution is -2.25. The Morgan fingerprint density at radius 3 is 2.70 bits per heavy atom. The van der Waals surface area contributed by atoms with Gasteiger partial charge in [0.25, 0.3) is 11.3 Å². The molecule has 1 N–H and O–H groups in total. The van der Waals surface area contributed by atoms with Crippen LogP contribution in [-0.4, -0.2) is 36.5 Å². The average Bonchev–Trinajstić information content (AvgIpc) is 3.00. The van der Waals surface area contributed by atoms with Crippen LogP contribution < -0.4 is 5.56 Å². The molecule has 23 heavy (non-hydrogen) atoms. The monoisotopic (exact) mass is 332 g/mol. The molecule has 3 aromatic heterocycles. The zero-order valence-corrected chi connectivity index (χ0v) is 14.7. The molecule has 0 amide bonds. The van der Waals surface area contributed by atoms with E-state index in [2.05, 4.69) is 38.8 Å². The van der Waals surface area contributed by atoms with Gasteiger partial charge in [-0.25, -0.2) is 9.97 Å². The smallest absolute Gasteiger partial charge is 0.274 e. The zero-order chi connectivity index (χ0) is 16.7. The predicted molar refractivity (Wildman–Crippen MR) is 89.8 cm³/mol. The number of hydrogen-bond donors (Lipinski definition) is 1. The normalized spacial score (nSPS) is 13.1. The van der Waals surface area contributed by atoms with Crippen molar-refractivity contribution >= 4 is 17.1 Å². The number of H-pyrrole nitrogens is 1. The zero-order valence-electron chi connectivity index (χ0n) is 13.9. The lowest BCUT2D eigenvalue weighted by atomic mass is 10.2. The standard InChI is InChI=1S/C15H20N6OS/c1-8(14-9(2)23-11(4)17-14)20(5)7-12-6-13(22)21-15(18-12)16-10(3)19-21/h6,8H,7H2,1-5H3,(H,16,18,19). The molecule has 0 aliphatic heterocycles. The third-order valence-electron chi connectivity index (χ3n) is 3.90. The number of nitrogens with zero attached hydrogens (tertiary/aromatic N) is 5. The molecule has 0 radical (unpaired) electrons. The van der Waals surface area contributed by atoms with Crippen molar-refractivity contribution in [3.8, 4) is 0 Å². The van der Waals surface area contributed by atoms with E-state index in [4.69, 9.17) is 0 Å². The second kappa shape index (κ2) is 5.86. The number of fused-ring (bicyclic) bond motifs is 1. The minimum Gasteiger partial charge on any atom is -0.292 e. The summed E-state index contributed by atoms with van der Waals surface area (Å²) in [7, 11) is 2.01. The first-order valence-electron chi connectivity index (χ1n) is 7.44. The van der Waals surface area contributed by atoms with Crippen LogP contribution in [0.3, 0.4) is 0 Å². The van der Waals surface area contributed by atoms with E-state index in [1.54, 1.807) is 24.3 Å². The summed E-state index contributed by atoms with van der Waals surface area (Å²) in [6.07, 6.45) is 0. The van der Waals surface area contributed by atoms with Crippen LogP contribution in [0.25, 0.3) is 5.78 Å². The Morgan fingerprint density at radius 2 is 2.04 bits per heavy atom.